The second kappa shape index (κ2) is 9.14. The van der Waals surface area contributed by atoms with E-state index in [0.717, 1.165) is 49.5 Å². The van der Waals surface area contributed by atoms with Crippen molar-refractivity contribution in [2.45, 2.75) is 12.8 Å². The van der Waals surface area contributed by atoms with Crippen LogP contribution < -0.4 is 25.9 Å². The summed E-state index contributed by atoms with van der Waals surface area (Å²) in [7, 11) is 0. The molecule has 0 aromatic heterocycles. The highest BCUT2D eigenvalue weighted by atomic mass is 16.5. The Hall–Kier alpha value is -3.45. The lowest BCUT2D eigenvalue weighted by molar-refractivity contribution is -0.825. The second-order valence-electron chi connectivity index (χ2n) is 7.58. The molecule has 2 heterocycles. The zero-order valence-electron chi connectivity index (χ0n) is 17.1. The van der Waals surface area contributed by atoms with Crippen LogP contribution in [0.15, 0.2) is 36.4 Å². The third kappa shape index (κ3) is 4.36. The maximum Gasteiger partial charge on any atom is 0.255 e. The number of quaternary nitrogens is 1. The lowest BCUT2D eigenvalue weighted by Crippen LogP contribution is -2.74. The molecule has 2 aliphatic heterocycles. The lowest BCUT2D eigenvalue weighted by atomic mass is 10.1. The number of hydrogen-bond donors (Lipinski definition) is 4. The number of rotatable bonds is 5. The Balaban J connectivity index is 1.57. The number of amides is 2. The quantitative estimate of drug-likeness (QED) is 0.420. The molecule has 4 rings (SSSR count). The molecule has 160 valence electrons. The summed E-state index contributed by atoms with van der Waals surface area (Å²) in [6, 6.07) is 12.4. The average Bonchev–Trinajstić information content (AvgIpc) is 3.25. The van der Waals surface area contributed by atoms with Gasteiger partial charge in [0.15, 0.2) is 5.69 Å². The molecule has 9 heteroatoms. The molecule has 0 unspecified atom stereocenters. The Labute approximate surface area is 180 Å². The molecule has 0 saturated carbocycles. The fourth-order valence-corrected chi connectivity index (χ4v) is 3.99. The van der Waals surface area contributed by atoms with Crippen LogP contribution in [0.2, 0.25) is 0 Å². The summed E-state index contributed by atoms with van der Waals surface area (Å²) in [5, 5.41) is 25.3. The van der Waals surface area contributed by atoms with Gasteiger partial charge in [-0.2, -0.15) is 10.7 Å². The van der Waals surface area contributed by atoms with Crippen molar-refractivity contribution < 1.29 is 20.3 Å². The number of nitrogens with zero attached hydrogens (tertiary/aromatic N) is 3. The van der Waals surface area contributed by atoms with Gasteiger partial charge >= 0.3 is 0 Å². The van der Waals surface area contributed by atoms with Crippen LogP contribution in [-0.4, -0.2) is 49.7 Å². The molecule has 2 amide bonds. The second-order valence-corrected chi connectivity index (χ2v) is 7.58. The smallest absolute Gasteiger partial charge is 0.255 e. The first-order valence-electron chi connectivity index (χ1n) is 10.3. The number of benzene rings is 2. The Bertz CT molecular complexity index is 1020. The molecule has 2 aromatic rings. The van der Waals surface area contributed by atoms with Gasteiger partial charge in [-0.25, -0.2) is 5.21 Å². The predicted molar refractivity (Wildman–Crippen MR) is 116 cm³/mol. The Kier molecular flexibility index (Phi) is 6.13. The summed E-state index contributed by atoms with van der Waals surface area (Å²) >= 11 is 0. The minimum Gasteiger partial charge on any atom is -0.368 e. The van der Waals surface area contributed by atoms with E-state index in [0.29, 0.717) is 35.5 Å². The number of piperazine rings is 1. The molecule has 0 radical (unpaired) electrons. The topological polar surface area (TPSA) is 125 Å². The van der Waals surface area contributed by atoms with E-state index < -0.39 is 0 Å². The van der Waals surface area contributed by atoms with Gasteiger partial charge in [-0.05, 0) is 36.8 Å². The summed E-state index contributed by atoms with van der Waals surface area (Å²) in [4.78, 5) is 28.6. The van der Waals surface area contributed by atoms with Gasteiger partial charge in [-0.3, -0.25) is 9.59 Å². The highest BCUT2D eigenvalue weighted by Gasteiger charge is 2.23. The molecule has 2 aromatic carbocycles. The van der Waals surface area contributed by atoms with E-state index in [4.69, 9.17) is 0 Å². The van der Waals surface area contributed by atoms with Crippen LogP contribution in [0.1, 0.15) is 28.8 Å². The fraction of sp³-hybridized carbons (Fsp3) is 0.318. The lowest BCUT2D eigenvalue weighted by Gasteiger charge is -2.30. The molecule has 0 spiro atoms. The monoisotopic (exact) mass is 421 g/mol. The highest BCUT2D eigenvalue weighted by molar-refractivity contribution is 6.06. The van der Waals surface area contributed by atoms with E-state index in [9.17, 15) is 20.1 Å². The summed E-state index contributed by atoms with van der Waals surface area (Å²) in [6.45, 7) is 3.82. The highest BCUT2D eigenvalue weighted by Crippen LogP contribution is 2.30. The maximum absolute atomic E-state index is 12.8. The van der Waals surface area contributed by atoms with Crippen molar-refractivity contribution in [1.29, 1.82) is 5.26 Å². The standard InChI is InChI=1S/C22H24N6O3/c23-14-16-12-19(26-31)18(13-20(16)27-10-7-24-8-11-27)25-22(30)15-3-5-17(6-4-15)28-9-1-2-21(28)29/h3-6,12-13,24,26,31H,1-2,7-11H2,(H,25,30)/p+1. The number of anilines is 3. The molecular formula is C22H25N6O3+. The zero-order chi connectivity index (χ0) is 21.8. The van der Waals surface area contributed by atoms with Crippen molar-refractivity contribution in [3.05, 3.63) is 47.5 Å². The largest absolute Gasteiger partial charge is 0.368 e. The van der Waals surface area contributed by atoms with Crippen LogP contribution in [0.5, 0.6) is 0 Å². The van der Waals surface area contributed by atoms with E-state index in [1.165, 1.54) is 0 Å². The van der Waals surface area contributed by atoms with Crippen molar-refractivity contribution >= 4 is 34.6 Å². The molecule has 2 saturated heterocycles. The number of carbonyl (C=O) groups is 2. The van der Waals surface area contributed by atoms with Gasteiger partial charge in [0.2, 0.25) is 5.91 Å². The Morgan fingerprint density at radius 2 is 1.90 bits per heavy atom. The van der Waals surface area contributed by atoms with Gasteiger partial charge in [-0.1, -0.05) is 0 Å². The molecule has 2 fully saturated rings. The number of carbonyl (C=O) groups excluding carboxylic acids is 2. The third-order valence-corrected chi connectivity index (χ3v) is 5.65. The first-order valence-corrected chi connectivity index (χ1v) is 10.3. The van der Waals surface area contributed by atoms with Crippen LogP contribution in [0.3, 0.4) is 0 Å². The van der Waals surface area contributed by atoms with Gasteiger partial charge in [0.1, 0.15) is 11.8 Å². The molecule has 0 bridgehead atoms. The Morgan fingerprint density at radius 1 is 1.16 bits per heavy atom. The molecule has 0 aliphatic carbocycles. The van der Waals surface area contributed by atoms with Crippen molar-refractivity contribution in [3.63, 3.8) is 0 Å². The molecule has 31 heavy (non-hydrogen) atoms. The third-order valence-electron chi connectivity index (χ3n) is 5.65. The van der Waals surface area contributed by atoms with Crippen LogP contribution in [0.4, 0.5) is 22.7 Å². The van der Waals surface area contributed by atoms with E-state index >= 15 is 0 Å². The summed E-state index contributed by atoms with van der Waals surface area (Å²) in [5.74, 6) is -0.239. The van der Waals surface area contributed by atoms with Gasteiger partial charge in [0.25, 0.3) is 5.91 Å². The van der Waals surface area contributed by atoms with E-state index in [1.807, 2.05) is 0 Å². The molecular weight excluding hydrogens is 396 g/mol. The van der Waals surface area contributed by atoms with E-state index in [-0.39, 0.29) is 11.8 Å². The normalized spacial score (nSPS) is 16.3. The Morgan fingerprint density at radius 3 is 2.52 bits per heavy atom. The number of nitrogens with two attached hydrogens (primary N) is 1. The summed E-state index contributed by atoms with van der Waals surface area (Å²) < 4.78 is 0. The van der Waals surface area contributed by atoms with Crippen LogP contribution in [0, 0.1) is 11.3 Å². The van der Waals surface area contributed by atoms with Crippen LogP contribution in [0.25, 0.3) is 0 Å². The van der Waals surface area contributed by atoms with Crippen molar-refractivity contribution in [2.75, 3.05) is 47.8 Å². The zero-order valence-corrected chi connectivity index (χ0v) is 17.1. The van der Waals surface area contributed by atoms with Crippen LogP contribution >= 0.6 is 0 Å². The number of nitrogens with one attached hydrogen (secondary N) is 2. The van der Waals surface area contributed by atoms with Crippen molar-refractivity contribution in [1.82, 2.24) is 5.32 Å². The minimum atomic E-state index is -0.335. The van der Waals surface area contributed by atoms with Gasteiger partial charge in [0.05, 0.1) is 11.3 Å². The SMILES string of the molecule is N#Cc1cc([NH2+]O)c(NC(=O)c2ccc(N3CCCC3=O)cc2)cc1N1CCNCC1. The average molecular weight is 421 g/mol. The minimum absolute atomic E-state index is 0.0957. The molecule has 5 N–H and O–H groups in total. The molecule has 0 atom stereocenters. The maximum atomic E-state index is 12.8. The van der Waals surface area contributed by atoms with Gasteiger partial charge in [-0.15, -0.1) is 0 Å². The van der Waals surface area contributed by atoms with Crippen molar-refractivity contribution in [3.8, 4) is 6.07 Å². The van der Waals surface area contributed by atoms with Gasteiger partial charge in [0, 0.05) is 56.5 Å². The number of hydrogen-bond acceptors (Lipinski definition) is 6. The van der Waals surface area contributed by atoms with E-state index in [1.54, 1.807) is 41.3 Å². The first-order chi connectivity index (χ1) is 15.1. The summed E-state index contributed by atoms with van der Waals surface area (Å²) in [6.07, 6.45) is 1.40. The van der Waals surface area contributed by atoms with Crippen molar-refractivity contribution in [2.24, 2.45) is 0 Å². The van der Waals surface area contributed by atoms with Gasteiger partial charge < -0.3 is 20.4 Å². The predicted octanol–water partition coefficient (Wildman–Crippen LogP) is 0.931. The van der Waals surface area contributed by atoms with Crippen LogP contribution in [-0.2, 0) is 4.79 Å². The summed E-state index contributed by atoms with van der Waals surface area (Å²) in [5.41, 5.74) is 4.07. The fourth-order valence-electron chi connectivity index (χ4n) is 3.99. The molecule has 9 nitrogen and oxygen atoms in total. The first kappa shape index (κ1) is 20.8. The number of nitriles is 1. The molecule has 2 aliphatic rings. The van der Waals surface area contributed by atoms with E-state index in [2.05, 4.69) is 21.6 Å².